The van der Waals surface area contributed by atoms with Gasteiger partial charge in [-0.1, -0.05) is 36.7 Å². The predicted molar refractivity (Wildman–Crippen MR) is 113 cm³/mol. The normalized spacial score (nSPS) is 28.1. The Morgan fingerprint density at radius 1 is 1.14 bits per heavy atom. The van der Waals surface area contributed by atoms with E-state index in [1.54, 1.807) is 24.3 Å². The number of nitrogens with one attached hydrogen (secondary N) is 1. The summed E-state index contributed by atoms with van der Waals surface area (Å²) in [5.74, 6) is 1.93. The van der Waals surface area contributed by atoms with E-state index in [2.05, 4.69) is 23.2 Å². The van der Waals surface area contributed by atoms with Gasteiger partial charge in [0.05, 0.1) is 0 Å². The third kappa shape index (κ3) is 3.24. The molecule has 0 radical (unpaired) electrons. The minimum Gasteiger partial charge on any atom is -0.349 e. The van der Waals surface area contributed by atoms with Crippen LogP contribution in [0.4, 0.5) is 0 Å². The zero-order chi connectivity index (χ0) is 20.1. The summed E-state index contributed by atoms with van der Waals surface area (Å²) in [6.07, 6.45) is 3.04. The molecule has 0 aromatic heterocycles. The smallest absolute Gasteiger partial charge is 0.254 e. The van der Waals surface area contributed by atoms with Crippen molar-refractivity contribution in [3.8, 4) is 0 Å². The van der Waals surface area contributed by atoms with E-state index in [1.165, 1.54) is 0 Å². The topological polar surface area (TPSA) is 49.4 Å². The summed E-state index contributed by atoms with van der Waals surface area (Å²) in [7, 11) is 0. The minimum absolute atomic E-state index is 0.0276. The van der Waals surface area contributed by atoms with Crippen LogP contribution >= 0.6 is 11.6 Å². The van der Waals surface area contributed by atoms with Crippen LogP contribution in [-0.4, -0.2) is 28.8 Å². The predicted octanol–water partition coefficient (Wildman–Crippen LogP) is 4.53. The number of hydrogen-bond acceptors (Lipinski definition) is 2. The monoisotopic (exact) mass is 408 g/mol. The van der Waals surface area contributed by atoms with Crippen molar-refractivity contribution in [1.82, 2.24) is 10.2 Å². The molecule has 0 spiro atoms. The molecule has 0 bridgehead atoms. The third-order valence-electron chi connectivity index (χ3n) is 7.10. The lowest BCUT2D eigenvalue weighted by atomic mass is 9.98. The number of benzene rings is 2. The summed E-state index contributed by atoms with van der Waals surface area (Å²) in [5.41, 5.74) is 2.67. The van der Waals surface area contributed by atoms with E-state index in [0.717, 1.165) is 36.9 Å². The molecule has 1 N–H and O–H groups in total. The first-order valence-corrected chi connectivity index (χ1v) is 10.9. The summed E-state index contributed by atoms with van der Waals surface area (Å²) in [6.45, 7) is 2.88. The van der Waals surface area contributed by atoms with Crippen LogP contribution in [0.15, 0.2) is 48.5 Å². The summed E-state index contributed by atoms with van der Waals surface area (Å²) >= 11 is 5.92. The standard InChI is InChI=1S/C24H25ClN2O2/c1-2-21(26-23(28)14-7-9-16(25)10-8-14)22-19-11-17(12-20(19)22)27-13-15-5-3-4-6-18(15)24(27)29/h3-10,17,19-22H,2,11-13H2,1H3,(H,26,28)/t17-,19-,20+,21?,22+. The van der Waals surface area contributed by atoms with E-state index in [9.17, 15) is 9.59 Å². The molecule has 5 atom stereocenters. The van der Waals surface area contributed by atoms with Crippen LogP contribution in [0, 0.1) is 17.8 Å². The Balaban J connectivity index is 1.20. The molecular weight excluding hydrogens is 384 g/mol. The molecule has 2 saturated carbocycles. The molecular formula is C24H25ClN2O2. The van der Waals surface area contributed by atoms with Gasteiger partial charge in [-0.3, -0.25) is 9.59 Å². The molecule has 3 aliphatic rings. The molecule has 2 amide bonds. The highest BCUT2D eigenvalue weighted by molar-refractivity contribution is 6.30. The van der Waals surface area contributed by atoms with E-state index in [0.29, 0.717) is 34.4 Å². The van der Waals surface area contributed by atoms with Crippen molar-refractivity contribution in [2.24, 2.45) is 17.8 Å². The fourth-order valence-corrected chi connectivity index (χ4v) is 5.74. The second-order valence-corrected chi connectivity index (χ2v) is 9.05. The Kier molecular flexibility index (Phi) is 4.62. The number of carbonyl (C=O) groups excluding carboxylic acids is 2. The average molecular weight is 409 g/mol. The van der Waals surface area contributed by atoms with Crippen molar-refractivity contribution in [2.75, 3.05) is 0 Å². The second-order valence-electron chi connectivity index (χ2n) is 8.62. The Morgan fingerprint density at radius 3 is 2.48 bits per heavy atom. The highest BCUT2D eigenvalue weighted by Gasteiger charge is 2.60. The number of fused-ring (bicyclic) bond motifs is 2. The van der Waals surface area contributed by atoms with Gasteiger partial charge < -0.3 is 10.2 Å². The van der Waals surface area contributed by atoms with Crippen LogP contribution in [0.1, 0.15) is 52.5 Å². The Hall–Kier alpha value is -2.33. The fraction of sp³-hybridized carbons (Fsp3) is 0.417. The first kappa shape index (κ1) is 18.7. The number of amides is 2. The van der Waals surface area contributed by atoms with Gasteiger partial charge in [-0.05, 0) is 72.9 Å². The fourth-order valence-electron chi connectivity index (χ4n) is 5.61. The van der Waals surface area contributed by atoms with Gasteiger partial charge in [0.25, 0.3) is 11.8 Å². The Morgan fingerprint density at radius 2 is 1.83 bits per heavy atom. The molecule has 1 heterocycles. The number of nitrogens with zero attached hydrogens (tertiary/aromatic N) is 1. The van der Waals surface area contributed by atoms with Gasteiger partial charge in [-0.2, -0.15) is 0 Å². The Labute approximate surface area is 176 Å². The van der Waals surface area contributed by atoms with E-state index in [1.807, 2.05) is 18.2 Å². The zero-order valence-electron chi connectivity index (χ0n) is 16.5. The van der Waals surface area contributed by atoms with Crippen LogP contribution in [-0.2, 0) is 6.54 Å². The molecule has 2 aromatic carbocycles. The summed E-state index contributed by atoms with van der Waals surface area (Å²) < 4.78 is 0. The van der Waals surface area contributed by atoms with Crippen molar-refractivity contribution in [3.05, 3.63) is 70.2 Å². The van der Waals surface area contributed by atoms with Gasteiger partial charge in [0, 0.05) is 34.8 Å². The van der Waals surface area contributed by atoms with Crippen LogP contribution in [0.3, 0.4) is 0 Å². The van der Waals surface area contributed by atoms with Gasteiger partial charge in [0.1, 0.15) is 0 Å². The van der Waals surface area contributed by atoms with E-state index in [-0.39, 0.29) is 17.9 Å². The average Bonchev–Trinajstić information content (AvgIpc) is 3.07. The van der Waals surface area contributed by atoms with Crippen LogP contribution in [0.2, 0.25) is 5.02 Å². The summed E-state index contributed by atoms with van der Waals surface area (Å²) in [4.78, 5) is 27.4. The second kappa shape index (κ2) is 7.17. The lowest BCUT2D eigenvalue weighted by Gasteiger charge is -2.28. The number of halogens is 1. The number of rotatable bonds is 5. The molecule has 1 unspecified atom stereocenters. The van der Waals surface area contributed by atoms with Gasteiger partial charge >= 0.3 is 0 Å². The van der Waals surface area contributed by atoms with Gasteiger partial charge in [-0.15, -0.1) is 0 Å². The van der Waals surface area contributed by atoms with Crippen molar-refractivity contribution in [1.29, 1.82) is 0 Å². The molecule has 2 fully saturated rings. The molecule has 1 aliphatic heterocycles. The molecule has 150 valence electrons. The largest absolute Gasteiger partial charge is 0.349 e. The number of hydrogen-bond donors (Lipinski definition) is 1. The quantitative estimate of drug-likeness (QED) is 0.790. The van der Waals surface area contributed by atoms with Crippen molar-refractivity contribution >= 4 is 23.4 Å². The molecule has 29 heavy (non-hydrogen) atoms. The van der Waals surface area contributed by atoms with Crippen molar-refractivity contribution in [3.63, 3.8) is 0 Å². The number of carbonyl (C=O) groups is 2. The minimum atomic E-state index is -0.0276. The molecule has 5 heteroatoms. The molecule has 4 nitrogen and oxygen atoms in total. The first-order chi connectivity index (χ1) is 14.1. The Bertz CT molecular complexity index is 946. The summed E-state index contributed by atoms with van der Waals surface area (Å²) in [5, 5.41) is 3.87. The highest BCUT2D eigenvalue weighted by Crippen LogP contribution is 2.60. The van der Waals surface area contributed by atoms with Crippen LogP contribution < -0.4 is 5.32 Å². The van der Waals surface area contributed by atoms with E-state index >= 15 is 0 Å². The molecule has 0 saturated heterocycles. The van der Waals surface area contributed by atoms with Gasteiger partial charge in [0.2, 0.25) is 0 Å². The van der Waals surface area contributed by atoms with Crippen LogP contribution in [0.25, 0.3) is 0 Å². The molecule has 5 rings (SSSR count). The SMILES string of the molecule is CCC(NC(=O)c1ccc(Cl)cc1)[C@H]1[C@@H]2C[C@@H](N3Cc4ccccc4C3=O)C[C@@H]21. The zero-order valence-corrected chi connectivity index (χ0v) is 17.2. The van der Waals surface area contributed by atoms with Gasteiger partial charge in [0.15, 0.2) is 0 Å². The van der Waals surface area contributed by atoms with E-state index in [4.69, 9.17) is 11.6 Å². The third-order valence-corrected chi connectivity index (χ3v) is 7.36. The molecule has 2 aromatic rings. The lowest BCUT2D eigenvalue weighted by Crippen LogP contribution is -2.39. The molecule has 2 aliphatic carbocycles. The summed E-state index contributed by atoms with van der Waals surface area (Å²) in [6, 6.07) is 15.5. The van der Waals surface area contributed by atoms with E-state index < -0.39 is 0 Å². The maximum Gasteiger partial charge on any atom is 0.254 e. The van der Waals surface area contributed by atoms with Crippen molar-refractivity contribution < 1.29 is 9.59 Å². The maximum atomic E-state index is 12.8. The van der Waals surface area contributed by atoms with Crippen LogP contribution in [0.5, 0.6) is 0 Å². The maximum absolute atomic E-state index is 12.8. The van der Waals surface area contributed by atoms with Crippen molar-refractivity contribution in [2.45, 2.75) is 44.8 Å². The first-order valence-electron chi connectivity index (χ1n) is 10.5. The van der Waals surface area contributed by atoms with Gasteiger partial charge in [-0.25, -0.2) is 0 Å². The highest BCUT2D eigenvalue weighted by atomic mass is 35.5. The lowest BCUT2D eigenvalue weighted by molar-refractivity contribution is 0.0688.